The van der Waals surface area contributed by atoms with Gasteiger partial charge in [0.25, 0.3) is 0 Å². The van der Waals surface area contributed by atoms with E-state index in [2.05, 4.69) is 11.9 Å². The summed E-state index contributed by atoms with van der Waals surface area (Å²) < 4.78 is 7.45. The molecule has 1 atom stereocenters. The maximum atomic E-state index is 12.4. The van der Waals surface area contributed by atoms with Gasteiger partial charge in [0.2, 0.25) is 0 Å². The molecule has 0 unspecified atom stereocenters. The SMILES string of the molecule is Cc1cccn2cc(COC(=O)c3cc4c(s3)CC[C@@H](C)C4)nc12. The Morgan fingerprint density at radius 1 is 1.50 bits per heavy atom. The topological polar surface area (TPSA) is 43.6 Å². The quantitative estimate of drug-likeness (QED) is 0.672. The molecule has 5 heteroatoms. The minimum Gasteiger partial charge on any atom is -0.455 e. The maximum absolute atomic E-state index is 12.4. The monoisotopic (exact) mass is 340 g/mol. The molecule has 0 aliphatic heterocycles. The van der Waals surface area contributed by atoms with E-state index in [0.717, 1.165) is 29.7 Å². The largest absolute Gasteiger partial charge is 0.455 e. The Bertz CT molecular complexity index is 909. The van der Waals surface area contributed by atoms with Gasteiger partial charge in [0, 0.05) is 17.3 Å². The Morgan fingerprint density at radius 3 is 3.21 bits per heavy atom. The molecular formula is C19H20N2O2S. The number of imidazole rings is 1. The number of esters is 1. The standard InChI is InChI=1S/C19H20N2O2S/c1-12-5-6-16-14(8-12)9-17(24-16)19(22)23-11-15-10-21-7-3-4-13(2)18(21)20-15/h3-4,7,9-10,12H,5-6,8,11H2,1-2H3/t12-/m1/s1. The van der Waals surface area contributed by atoms with E-state index in [0.29, 0.717) is 10.8 Å². The molecule has 0 spiro atoms. The van der Waals surface area contributed by atoms with Crippen molar-refractivity contribution in [3.63, 3.8) is 0 Å². The van der Waals surface area contributed by atoms with Gasteiger partial charge < -0.3 is 9.14 Å². The van der Waals surface area contributed by atoms with Gasteiger partial charge in [-0.2, -0.15) is 0 Å². The lowest BCUT2D eigenvalue weighted by molar-refractivity contribution is 0.0474. The van der Waals surface area contributed by atoms with Crippen molar-refractivity contribution in [2.75, 3.05) is 0 Å². The Labute approximate surface area is 145 Å². The van der Waals surface area contributed by atoms with Crippen molar-refractivity contribution >= 4 is 23.0 Å². The van der Waals surface area contributed by atoms with E-state index in [-0.39, 0.29) is 12.6 Å². The molecule has 3 aromatic heterocycles. The molecule has 0 amide bonds. The number of ether oxygens (including phenoxy) is 1. The van der Waals surface area contributed by atoms with Crippen LogP contribution in [0.2, 0.25) is 0 Å². The summed E-state index contributed by atoms with van der Waals surface area (Å²) in [6.07, 6.45) is 7.24. The van der Waals surface area contributed by atoms with Gasteiger partial charge in [-0.1, -0.05) is 13.0 Å². The Hall–Kier alpha value is -2.14. The van der Waals surface area contributed by atoms with E-state index in [4.69, 9.17) is 4.74 Å². The average molecular weight is 340 g/mol. The Morgan fingerprint density at radius 2 is 2.38 bits per heavy atom. The van der Waals surface area contributed by atoms with Crippen LogP contribution in [0.15, 0.2) is 30.6 Å². The Balaban J connectivity index is 1.47. The highest BCUT2D eigenvalue weighted by molar-refractivity contribution is 7.14. The summed E-state index contributed by atoms with van der Waals surface area (Å²) in [6.45, 7) is 4.50. The van der Waals surface area contributed by atoms with Crippen LogP contribution in [0.1, 0.15) is 44.7 Å². The zero-order valence-electron chi connectivity index (χ0n) is 13.9. The van der Waals surface area contributed by atoms with Crippen LogP contribution in [0.4, 0.5) is 0 Å². The first-order chi connectivity index (χ1) is 11.6. The molecule has 3 aromatic rings. The second-order valence-corrected chi connectivity index (χ2v) is 7.77. The number of rotatable bonds is 3. The van der Waals surface area contributed by atoms with E-state index in [1.807, 2.05) is 41.9 Å². The Kier molecular flexibility index (Phi) is 3.88. The number of carbonyl (C=O) groups is 1. The molecule has 0 saturated carbocycles. The molecule has 0 aromatic carbocycles. The lowest BCUT2D eigenvalue weighted by atomic mass is 9.90. The highest BCUT2D eigenvalue weighted by Gasteiger charge is 2.21. The van der Waals surface area contributed by atoms with Crippen molar-refractivity contribution in [1.29, 1.82) is 0 Å². The van der Waals surface area contributed by atoms with Gasteiger partial charge in [-0.3, -0.25) is 0 Å². The van der Waals surface area contributed by atoms with Gasteiger partial charge in [-0.05, 0) is 55.4 Å². The lowest BCUT2D eigenvalue weighted by Gasteiger charge is -2.16. The van der Waals surface area contributed by atoms with Gasteiger partial charge in [-0.15, -0.1) is 11.3 Å². The number of thiophene rings is 1. The van der Waals surface area contributed by atoms with Gasteiger partial charge in [-0.25, -0.2) is 9.78 Å². The summed E-state index contributed by atoms with van der Waals surface area (Å²) >= 11 is 1.59. The molecule has 1 aliphatic rings. The zero-order chi connectivity index (χ0) is 16.7. The summed E-state index contributed by atoms with van der Waals surface area (Å²) in [5.41, 5.74) is 4.11. The molecule has 0 N–H and O–H groups in total. The smallest absolute Gasteiger partial charge is 0.348 e. The molecule has 4 rings (SSSR count). The van der Waals surface area contributed by atoms with Crippen LogP contribution in [0.3, 0.4) is 0 Å². The van der Waals surface area contributed by atoms with Crippen LogP contribution >= 0.6 is 11.3 Å². The van der Waals surface area contributed by atoms with E-state index in [1.165, 1.54) is 16.9 Å². The fraction of sp³-hybridized carbons (Fsp3) is 0.368. The van der Waals surface area contributed by atoms with Gasteiger partial charge >= 0.3 is 5.97 Å². The maximum Gasteiger partial charge on any atom is 0.348 e. The molecule has 1 aliphatic carbocycles. The highest BCUT2D eigenvalue weighted by atomic mass is 32.1. The third kappa shape index (κ3) is 2.84. The van der Waals surface area contributed by atoms with Gasteiger partial charge in [0.05, 0.1) is 5.69 Å². The minimum absolute atomic E-state index is 0.207. The van der Waals surface area contributed by atoms with Crippen LogP contribution in [-0.4, -0.2) is 15.4 Å². The number of hydrogen-bond donors (Lipinski definition) is 0. The van der Waals surface area contributed by atoms with Crippen molar-refractivity contribution in [2.24, 2.45) is 5.92 Å². The molecule has 124 valence electrons. The number of fused-ring (bicyclic) bond motifs is 2. The first-order valence-electron chi connectivity index (χ1n) is 8.32. The molecule has 3 heterocycles. The summed E-state index contributed by atoms with van der Waals surface area (Å²) in [7, 11) is 0. The molecule has 0 bridgehead atoms. The fourth-order valence-electron chi connectivity index (χ4n) is 3.29. The molecule has 4 nitrogen and oxygen atoms in total. The number of carbonyl (C=O) groups excluding carboxylic acids is 1. The predicted molar refractivity (Wildman–Crippen MR) is 94.6 cm³/mol. The van der Waals surface area contributed by atoms with Crippen molar-refractivity contribution in [3.05, 3.63) is 57.2 Å². The zero-order valence-corrected chi connectivity index (χ0v) is 14.7. The van der Waals surface area contributed by atoms with Crippen LogP contribution in [0.25, 0.3) is 5.65 Å². The third-order valence-electron chi connectivity index (χ3n) is 4.61. The highest BCUT2D eigenvalue weighted by Crippen LogP contribution is 2.32. The minimum atomic E-state index is -0.240. The number of hydrogen-bond acceptors (Lipinski definition) is 4. The first-order valence-corrected chi connectivity index (χ1v) is 9.13. The second-order valence-electron chi connectivity index (χ2n) is 6.64. The average Bonchev–Trinajstić information content (AvgIpc) is 3.16. The van der Waals surface area contributed by atoms with Gasteiger partial charge in [0.1, 0.15) is 17.1 Å². The number of aromatic nitrogens is 2. The van der Waals surface area contributed by atoms with Crippen LogP contribution in [0.5, 0.6) is 0 Å². The van der Waals surface area contributed by atoms with Crippen molar-refractivity contribution in [2.45, 2.75) is 39.7 Å². The number of pyridine rings is 1. The summed E-state index contributed by atoms with van der Waals surface area (Å²) in [5, 5.41) is 0. The van der Waals surface area contributed by atoms with Gasteiger partial charge in [0.15, 0.2) is 0 Å². The molecule has 0 saturated heterocycles. The van der Waals surface area contributed by atoms with E-state index in [1.54, 1.807) is 11.3 Å². The predicted octanol–water partition coefficient (Wildman–Crippen LogP) is 4.19. The normalized spacial score (nSPS) is 17.0. The molecular weight excluding hydrogens is 320 g/mol. The lowest BCUT2D eigenvalue weighted by Crippen LogP contribution is -2.08. The molecule has 0 radical (unpaired) electrons. The summed E-state index contributed by atoms with van der Waals surface area (Å²) in [6, 6.07) is 6.03. The van der Waals surface area contributed by atoms with Crippen LogP contribution in [0, 0.1) is 12.8 Å². The summed E-state index contributed by atoms with van der Waals surface area (Å²) in [5.74, 6) is 0.466. The van der Waals surface area contributed by atoms with Crippen LogP contribution < -0.4 is 0 Å². The molecule has 24 heavy (non-hydrogen) atoms. The fourth-order valence-corrected chi connectivity index (χ4v) is 4.39. The van der Waals surface area contributed by atoms with E-state index in [9.17, 15) is 4.79 Å². The van der Waals surface area contributed by atoms with Crippen molar-refractivity contribution in [1.82, 2.24) is 9.38 Å². The third-order valence-corrected chi connectivity index (χ3v) is 5.83. The van der Waals surface area contributed by atoms with E-state index >= 15 is 0 Å². The number of aryl methyl sites for hydroxylation is 2. The molecule has 0 fully saturated rings. The first kappa shape index (κ1) is 15.4. The summed E-state index contributed by atoms with van der Waals surface area (Å²) in [4.78, 5) is 19.0. The number of nitrogens with zero attached hydrogens (tertiary/aromatic N) is 2. The van der Waals surface area contributed by atoms with Crippen molar-refractivity contribution in [3.8, 4) is 0 Å². The van der Waals surface area contributed by atoms with Crippen LogP contribution in [-0.2, 0) is 24.2 Å². The van der Waals surface area contributed by atoms with Crippen molar-refractivity contribution < 1.29 is 9.53 Å². The second kappa shape index (κ2) is 6.06. The van der Waals surface area contributed by atoms with E-state index < -0.39 is 0 Å².